The van der Waals surface area contributed by atoms with Crippen molar-refractivity contribution in [3.8, 4) is 0 Å². The normalized spacial score (nSPS) is 17.1. The summed E-state index contributed by atoms with van der Waals surface area (Å²) in [5.74, 6) is -0.167. The van der Waals surface area contributed by atoms with Gasteiger partial charge in [-0.25, -0.2) is 4.98 Å². The molecular formula is C20H22ClN5O. The summed E-state index contributed by atoms with van der Waals surface area (Å²) in [5.41, 5.74) is 2.35. The first kappa shape index (κ1) is 17.9. The van der Waals surface area contributed by atoms with Crippen LogP contribution >= 0.6 is 11.6 Å². The van der Waals surface area contributed by atoms with Gasteiger partial charge in [0.15, 0.2) is 10.8 Å². The van der Waals surface area contributed by atoms with Gasteiger partial charge in [-0.3, -0.25) is 19.1 Å². The molecule has 4 heterocycles. The second kappa shape index (κ2) is 7.66. The molecule has 1 atom stereocenters. The first-order valence-electron chi connectivity index (χ1n) is 9.21. The number of rotatable bonds is 4. The zero-order valence-electron chi connectivity index (χ0n) is 15.2. The van der Waals surface area contributed by atoms with Crippen molar-refractivity contribution in [3.05, 3.63) is 65.3 Å². The fraction of sp³-hybridized carbons (Fsp3) is 0.350. The Morgan fingerprint density at radius 1 is 1.22 bits per heavy atom. The Hall–Kier alpha value is -2.44. The van der Waals surface area contributed by atoms with E-state index in [0.29, 0.717) is 17.4 Å². The van der Waals surface area contributed by atoms with Crippen LogP contribution in [0.25, 0.3) is 5.65 Å². The van der Waals surface area contributed by atoms with Gasteiger partial charge in [-0.2, -0.15) is 0 Å². The van der Waals surface area contributed by atoms with Gasteiger partial charge in [-0.05, 0) is 49.6 Å². The molecule has 1 saturated heterocycles. The van der Waals surface area contributed by atoms with Crippen LogP contribution < -0.4 is 5.32 Å². The van der Waals surface area contributed by atoms with Crippen LogP contribution in [0.1, 0.15) is 41.9 Å². The Kier molecular flexibility index (Phi) is 5.09. The lowest BCUT2D eigenvalue weighted by Crippen LogP contribution is -2.45. The molecule has 3 aromatic heterocycles. The number of carbonyl (C=O) groups excluding carboxylic acids is 1. The van der Waals surface area contributed by atoms with Gasteiger partial charge in [-0.1, -0.05) is 17.7 Å². The number of imidazole rings is 1. The van der Waals surface area contributed by atoms with Crippen LogP contribution in [0.5, 0.6) is 0 Å². The zero-order chi connectivity index (χ0) is 18.8. The number of halogens is 1. The molecule has 0 saturated carbocycles. The highest BCUT2D eigenvalue weighted by Crippen LogP contribution is 2.24. The molecule has 3 aromatic rings. The van der Waals surface area contributed by atoms with Crippen molar-refractivity contribution in [3.63, 3.8) is 0 Å². The van der Waals surface area contributed by atoms with E-state index in [4.69, 9.17) is 11.6 Å². The van der Waals surface area contributed by atoms with E-state index in [1.165, 1.54) is 5.56 Å². The second-order valence-electron chi connectivity index (χ2n) is 6.92. The van der Waals surface area contributed by atoms with Gasteiger partial charge in [0.25, 0.3) is 5.91 Å². The van der Waals surface area contributed by atoms with E-state index in [9.17, 15) is 4.79 Å². The zero-order valence-corrected chi connectivity index (χ0v) is 15.9. The Bertz CT molecular complexity index is 934. The number of nitrogens with zero attached hydrogens (tertiary/aromatic N) is 4. The van der Waals surface area contributed by atoms with Gasteiger partial charge >= 0.3 is 0 Å². The van der Waals surface area contributed by atoms with Gasteiger partial charge in [-0.15, -0.1) is 0 Å². The minimum absolute atomic E-state index is 0.142. The molecule has 0 radical (unpaired) electrons. The molecule has 1 amide bonds. The second-order valence-corrected chi connectivity index (χ2v) is 7.28. The molecule has 1 unspecified atom stereocenters. The van der Waals surface area contributed by atoms with Crippen molar-refractivity contribution >= 4 is 23.2 Å². The van der Waals surface area contributed by atoms with Crippen LogP contribution in [-0.2, 0) is 0 Å². The monoisotopic (exact) mass is 383 g/mol. The van der Waals surface area contributed by atoms with Crippen molar-refractivity contribution in [1.29, 1.82) is 0 Å². The maximum atomic E-state index is 12.8. The van der Waals surface area contributed by atoms with Crippen LogP contribution in [0.3, 0.4) is 0 Å². The topological polar surface area (TPSA) is 62.5 Å². The molecule has 1 fully saturated rings. The molecule has 27 heavy (non-hydrogen) atoms. The van der Waals surface area contributed by atoms with Gasteiger partial charge in [0.05, 0.1) is 0 Å². The van der Waals surface area contributed by atoms with Crippen LogP contribution in [0.2, 0.25) is 5.15 Å². The van der Waals surface area contributed by atoms with Crippen molar-refractivity contribution in [1.82, 2.24) is 24.6 Å². The summed E-state index contributed by atoms with van der Waals surface area (Å²) in [4.78, 5) is 23.5. The third-order valence-corrected chi connectivity index (χ3v) is 5.57. The van der Waals surface area contributed by atoms with Crippen LogP contribution in [0.15, 0.2) is 48.9 Å². The third-order valence-electron chi connectivity index (χ3n) is 5.30. The number of hydrogen-bond donors (Lipinski definition) is 1. The number of likely N-dealkylation sites (tertiary alicyclic amines) is 1. The van der Waals surface area contributed by atoms with Gasteiger partial charge in [0.1, 0.15) is 5.65 Å². The van der Waals surface area contributed by atoms with E-state index < -0.39 is 0 Å². The molecule has 0 aromatic carbocycles. The summed E-state index contributed by atoms with van der Waals surface area (Å²) in [6.07, 6.45) is 7.30. The first-order valence-corrected chi connectivity index (χ1v) is 9.58. The van der Waals surface area contributed by atoms with E-state index in [1.54, 1.807) is 4.40 Å². The van der Waals surface area contributed by atoms with E-state index in [2.05, 4.69) is 39.2 Å². The number of fused-ring (bicyclic) bond motifs is 1. The summed E-state index contributed by atoms with van der Waals surface area (Å²) >= 11 is 6.21. The Balaban J connectivity index is 1.39. The van der Waals surface area contributed by atoms with E-state index in [1.807, 2.05) is 36.8 Å². The molecule has 1 aliphatic heterocycles. The molecule has 0 bridgehead atoms. The number of pyridine rings is 2. The highest BCUT2D eigenvalue weighted by molar-refractivity contribution is 6.32. The van der Waals surface area contributed by atoms with Crippen LogP contribution in [0.4, 0.5) is 0 Å². The Labute approximate surface area is 163 Å². The Morgan fingerprint density at radius 3 is 2.70 bits per heavy atom. The average Bonchev–Trinajstić information content (AvgIpc) is 3.04. The lowest BCUT2D eigenvalue weighted by molar-refractivity contribution is 0.0890. The summed E-state index contributed by atoms with van der Waals surface area (Å²) in [6.45, 7) is 4.09. The van der Waals surface area contributed by atoms with E-state index in [-0.39, 0.29) is 17.1 Å². The number of amides is 1. The lowest BCUT2D eigenvalue weighted by atomic mass is 10.0. The molecule has 4 rings (SSSR count). The van der Waals surface area contributed by atoms with Gasteiger partial charge in [0.2, 0.25) is 0 Å². The molecular weight excluding hydrogens is 362 g/mol. The summed E-state index contributed by atoms with van der Waals surface area (Å²) in [6, 6.07) is 10.2. The highest BCUT2D eigenvalue weighted by atomic mass is 35.5. The lowest BCUT2D eigenvalue weighted by Gasteiger charge is -2.36. The summed E-state index contributed by atoms with van der Waals surface area (Å²) in [7, 11) is 0. The summed E-state index contributed by atoms with van der Waals surface area (Å²) < 4.78 is 1.73. The molecule has 1 N–H and O–H groups in total. The van der Waals surface area contributed by atoms with Crippen LogP contribution in [-0.4, -0.2) is 44.3 Å². The van der Waals surface area contributed by atoms with E-state index >= 15 is 0 Å². The van der Waals surface area contributed by atoms with Crippen molar-refractivity contribution in [2.45, 2.75) is 31.8 Å². The maximum Gasteiger partial charge on any atom is 0.271 e. The van der Waals surface area contributed by atoms with Crippen molar-refractivity contribution in [2.24, 2.45) is 0 Å². The fourth-order valence-electron chi connectivity index (χ4n) is 3.71. The number of carbonyl (C=O) groups is 1. The van der Waals surface area contributed by atoms with Crippen molar-refractivity contribution < 1.29 is 4.79 Å². The van der Waals surface area contributed by atoms with Gasteiger partial charge < -0.3 is 5.32 Å². The number of piperidine rings is 1. The Morgan fingerprint density at radius 2 is 1.96 bits per heavy atom. The molecule has 140 valence electrons. The average molecular weight is 384 g/mol. The standard InChI is InChI=1S/C20H22ClN5O/c1-14(15-5-9-22-10-6-15)25-12-7-16(8-13-25)23-20(27)18-19(21)24-17-4-2-3-11-26(17)18/h2-6,9-11,14,16H,7-8,12-13H2,1H3,(H,23,27). The van der Waals surface area contributed by atoms with Crippen LogP contribution in [0, 0.1) is 0 Å². The largest absolute Gasteiger partial charge is 0.348 e. The smallest absolute Gasteiger partial charge is 0.271 e. The third kappa shape index (κ3) is 3.68. The minimum Gasteiger partial charge on any atom is -0.348 e. The predicted molar refractivity (Wildman–Crippen MR) is 105 cm³/mol. The molecule has 6 nitrogen and oxygen atoms in total. The maximum absolute atomic E-state index is 12.8. The molecule has 7 heteroatoms. The van der Waals surface area contributed by atoms with Crippen molar-refractivity contribution in [2.75, 3.05) is 13.1 Å². The number of nitrogens with one attached hydrogen (secondary N) is 1. The quantitative estimate of drug-likeness (QED) is 0.750. The number of aromatic nitrogens is 3. The summed E-state index contributed by atoms with van der Waals surface area (Å²) in [5, 5.41) is 3.37. The minimum atomic E-state index is -0.167. The fourth-order valence-corrected chi connectivity index (χ4v) is 3.97. The SMILES string of the molecule is CC(c1ccncc1)N1CCC(NC(=O)c2c(Cl)nc3ccccn23)CC1. The van der Waals surface area contributed by atoms with Gasteiger partial charge in [0, 0.05) is 43.8 Å². The molecule has 0 spiro atoms. The highest BCUT2D eigenvalue weighted by Gasteiger charge is 2.26. The first-order chi connectivity index (χ1) is 13.1. The van der Waals surface area contributed by atoms with E-state index in [0.717, 1.165) is 25.9 Å². The predicted octanol–water partition coefficient (Wildman–Crippen LogP) is 3.34. The molecule has 1 aliphatic rings. The molecule has 0 aliphatic carbocycles. The number of hydrogen-bond acceptors (Lipinski definition) is 4.